The summed E-state index contributed by atoms with van der Waals surface area (Å²) < 4.78 is 18.9. The number of piperidine rings is 1. The van der Waals surface area contributed by atoms with Gasteiger partial charge in [0, 0.05) is 12.7 Å². The second-order valence-corrected chi connectivity index (χ2v) is 4.75. The Morgan fingerprint density at radius 2 is 2.16 bits per heavy atom. The first kappa shape index (κ1) is 13.9. The zero-order valence-electron chi connectivity index (χ0n) is 10.6. The van der Waals surface area contributed by atoms with Crippen LogP contribution < -0.4 is 5.32 Å². The van der Waals surface area contributed by atoms with Gasteiger partial charge < -0.3 is 10.1 Å². The lowest BCUT2D eigenvalue weighted by Crippen LogP contribution is -2.29. The topological polar surface area (TPSA) is 64.4 Å². The van der Waals surface area contributed by atoms with Gasteiger partial charge in [0.1, 0.15) is 0 Å². The molecule has 0 aliphatic carbocycles. The molecular weight excluding hydrogens is 251 g/mol. The van der Waals surface area contributed by atoms with Gasteiger partial charge in [-0.05, 0) is 49.5 Å². The number of benzene rings is 1. The van der Waals surface area contributed by atoms with Crippen LogP contribution in [0, 0.1) is 21.8 Å². The van der Waals surface area contributed by atoms with E-state index in [-0.39, 0.29) is 0 Å². The average molecular weight is 268 g/mol. The Kier molecular flexibility index (Phi) is 4.81. The predicted molar refractivity (Wildman–Crippen MR) is 68.3 cm³/mol. The van der Waals surface area contributed by atoms with Crippen LogP contribution in [-0.4, -0.2) is 24.6 Å². The van der Waals surface area contributed by atoms with Crippen LogP contribution in [0.15, 0.2) is 18.2 Å². The van der Waals surface area contributed by atoms with Crippen molar-refractivity contribution in [1.29, 1.82) is 0 Å². The van der Waals surface area contributed by atoms with Gasteiger partial charge >= 0.3 is 5.69 Å². The molecule has 0 bridgehead atoms. The number of hydrogen-bond donors (Lipinski definition) is 1. The van der Waals surface area contributed by atoms with Crippen LogP contribution in [0.3, 0.4) is 0 Å². The summed E-state index contributed by atoms with van der Waals surface area (Å²) in [4.78, 5) is 9.75. The third-order valence-corrected chi connectivity index (χ3v) is 3.29. The molecule has 5 nitrogen and oxygen atoms in total. The number of halogens is 1. The number of nitrogens with zero attached hydrogens (tertiary/aromatic N) is 1. The van der Waals surface area contributed by atoms with Crippen molar-refractivity contribution in [1.82, 2.24) is 5.32 Å². The van der Waals surface area contributed by atoms with Gasteiger partial charge in [0.15, 0.2) is 0 Å². The van der Waals surface area contributed by atoms with Gasteiger partial charge in [-0.25, -0.2) is 0 Å². The highest BCUT2D eigenvalue weighted by molar-refractivity contribution is 5.34. The quantitative estimate of drug-likeness (QED) is 0.657. The van der Waals surface area contributed by atoms with Crippen LogP contribution in [0.1, 0.15) is 18.4 Å². The standard InChI is InChI=1S/C13H17FN2O3/c14-12-7-11(1-2-13(12)16(17)18)9-19-8-10-3-5-15-6-4-10/h1-2,7,10,15H,3-6,8-9H2. The van der Waals surface area contributed by atoms with Crippen molar-refractivity contribution in [2.75, 3.05) is 19.7 Å². The summed E-state index contributed by atoms with van der Waals surface area (Å²) in [5, 5.41) is 13.8. The van der Waals surface area contributed by atoms with E-state index in [0.29, 0.717) is 24.7 Å². The summed E-state index contributed by atoms with van der Waals surface area (Å²) >= 11 is 0. The molecular formula is C13H17FN2O3. The smallest absolute Gasteiger partial charge is 0.304 e. The molecule has 1 heterocycles. The van der Waals surface area contributed by atoms with Crippen LogP contribution in [0.2, 0.25) is 0 Å². The summed E-state index contributed by atoms with van der Waals surface area (Å²) in [6, 6.07) is 3.88. The third kappa shape index (κ3) is 3.97. The van der Waals surface area contributed by atoms with Gasteiger partial charge in [0.05, 0.1) is 11.5 Å². The van der Waals surface area contributed by atoms with E-state index in [2.05, 4.69) is 5.32 Å². The van der Waals surface area contributed by atoms with Gasteiger partial charge in [-0.1, -0.05) is 0 Å². The van der Waals surface area contributed by atoms with Crippen molar-refractivity contribution in [2.24, 2.45) is 5.92 Å². The zero-order chi connectivity index (χ0) is 13.7. The van der Waals surface area contributed by atoms with E-state index in [1.54, 1.807) is 0 Å². The number of nitro benzene ring substituents is 1. The Balaban J connectivity index is 1.82. The molecule has 1 aliphatic heterocycles. The lowest BCUT2D eigenvalue weighted by atomic mass is 9.99. The molecule has 104 valence electrons. The molecule has 2 rings (SSSR count). The Bertz CT molecular complexity index is 448. The highest BCUT2D eigenvalue weighted by atomic mass is 19.1. The number of nitro groups is 1. The lowest BCUT2D eigenvalue weighted by molar-refractivity contribution is -0.387. The maximum absolute atomic E-state index is 13.4. The number of nitrogens with one attached hydrogen (secondary N) is 1. The minimum Gasteiger partial charge on any atom is -0.376 e. The van der Waals surface area contributed by atoms with E-state index in [0.717, 1.165) is 25.9 Å². The zero-order valence-corrected chi connectivity index (χ0v) is 10.6. The molecule has 1 aromatic rings. The molecule has 0 aromatic heterocycles. The van der Waals surface area contributed by atoms with E-state index in [4.69, 9.17) is 4.74 Å². The van der Waals surface area contributed by atoms with Crippen LogP contribution in [0.4, 0.5) is 10.1 Å². The van der Waals surface area contributed by atoms with Gasteiger partial charge in [-0.3, -0.25) is 10.1 Å². The molecule has 1 N–H and O–H groups in total. The monoisotopic (exact) mass is 268 g/mol. The van der Waals surface area contributed by atoms with Crippen molar-refractivity contribution < 1.29 is 14.1 Å². The first-order valence-corrected chi connectivity index (χ1v) is 6.38. The summed E-state index contributed by atoms with van der Waals surface area (Å²) in [5.41, 5.74) is 0.124. The van der Waals surface area contributed by atoms with Crippen LogP contribution in [0.25, 0.3) is 0 Å². The molecule has 19 heavy (non-hydrogen) atoms. The molecule has 0 amide bonds. The largest absolute Gasteiger partial charge is 0.376 e. The summed E-state index contributed by atoms with van der Waals surface area (Å²) in [5.74, 6) is -0.267. The second-order valence-electron chi connectivity index (χ2n) is 4.75. The number of rotatable bonds is 5. The van der Waals surface area contributed by atoms with Gasteiger partial charge in [-0.2, -0.15) is 4.39 Å². The summed E-state index contributed by atoms with van der Waals surface area (Å²) in [6.07, 6.45) is 2.18. The SMILES string of the molecule is O=[N+]([O-])c1ccc(COCC2CCNCC2)cc1F. The fourth-order valence-electron chi connectivity index (χ4n) is 2.18. The van der Waals surface area contributed by atoms with Crippen molar-refractivity contribution in [3.63, 3.8) is 0 Å². The minimum atomic E-state index is -0.812. The van der Waals surface area contributed by atoms with Crippen LogP contribution in [-0.2, 0) is 11.3 Å². The molecule has 6 heteroatoms. The molecule has 1 aliphatic rings. The average Bonchev–Trinajstić information content (AvgIpc) is 2.39. The molecule has 0 spiro atoms. The van der Waals surface area contributed by atoms with Crippen molar-refractivity contribution in [2.45, 2.75) is 19.4 Å². The summed E-state index contributed by atoms with van der Waals surface area (Å²) in [7, 11) is 0. The number of ether oxygens (including phenoxy) is 1. The van der Waals surface area contributed by atoms with Crippen LogP contribution >= 0.6 is 0 Å². The van der Waals surface area contributed by atoms with Gasteiger partial charge in [-0.15, -0.1) is 0 Å². The van der Waals surface area contributed by atoms with Crippen LogP contribution in [0.5, 0.6) is 0 Å². The predicted octanol–water partition coefficient (Wildman–Crippen LogP) is 2.25. The Labute approximate surface area is 110 Å². The van der Waals surface area contributed by atoms with E-state index in [9.17, 15) is 14.5 Å². The minimum absolute atomic E-state index is 0.291. The Hall–Kier alpha value is -1.53. The fraction of sp³-hybridized carbons (Fsp3) is 0.538. The molecule has 0 saturated carbocycles. The van der Waals surface area contributed by atoms with E-state index in [1.807, 2.05) is 0 Å². The van der Waals surface area contributed by atoms with Crippen molar-refractivity contribution >= 4 is 5.69 Å². The molecule has 0 radical (unpaired) electrons. The fourth-order valence-corrected chi connectivity index (χ4v) is 2.18. The molecule has 1 saturated heterocycles. The summed E-state index contributed by atoms with van der Waals surface area (Å²) in [6.45, 7) is 2.97. The Morgan fingerprint density at radius 3 is 2.79 bits per heavy atom. The molecule has 1 aromatic carbocycles. The molecule has 1 fully saturated rings. The lowest BCUT2D eigenvalue weighted by Gasteiger charge is -2.22. The van der Waals surface area contributed by atoms with Gasteiger partial charge in [0.2, 0.25) is 5.82 Å². The first-order valence-electron chi connectivity index (χ1n) is 6.38. The number of hydrogen-bond acceptors (Lipinski definition) is 4. The Morgan fingerprint density at radius 1 is 1.42 bits per heavy atom. The highest BCUT2D eigenvalue weighted by Gasteiger charge is 2.15. The second kappa shape index (κ2) is 6.58. The maximum Gasteiger partial charge on any atom is 0.304 e. The van der Waals surface area contributed by atoms with Crippen molar-refractivity contribution in [3.05, 3.63) is 39.7 Å². The molecule has 0 atom stereocenters. The molecule has 0 unspecified atom stereocenters. The van der Waals surface area contributed by atoms with E-state index in [1.165, 1.54) is 18.2 Å². The third-order valence-electron chi connectivity index (χ3n) is 3.29. The van der Waals surface area contributed by atoms with Crippen molar-refractivity contribution in [3.8, 4) is 0 Å². The van der Waals surface area contributed by atoms with E-state index >= 15 is 0 Å². The van der Waals surface area contributed by atoms with Gasteiger partial charge in [0.25, 0.3) is 0 Å². The maximum atomic E-state index is 13.4. The first-order chi connectivity index (χ1) is 9.16. The normalized spacial score (nSPS) is 16.5. The highest BCUT2D eigenvalue weighted by Crippen LogP contribution is 2.19. The van der Waals surface area contributed by atoms with E-state index < -0.39 is 16.4 Å².